The Bertz CT molecular complexity index is 457. The van der Waals surface area contributed by atoms with Crippen LogP contribution in [0, 0.1) is 19.8 Å². The maximum atomic E-state index is 9.39. The Labute approximate surface area is 121 Å². The third-order valence-electron chi connectivity index (χ3n) is 3.88. The predicted molar refractivity (Wildman–Crippen MR) is 82.3 cm³/mol. The van der Waals surface area contributed by atoms with Crippen LogP contribution in [0.5, 0.6) is 0 Å². The van der Waals surface area contributed by atoms with Gasteiger partial charge in [0.05, 0.1) is 6.10 Å². The van der Waals surface area contributed by atoms with Gasteiger partial charge in [-0.1, -0.05) is 6.92 Å². The maximum absolute atomic E-state index is 9.39. The Balaban J connectivity index is 2.11. The summed E-state index contributed by atoms with van der Waals surface area (Å²) in [6, 6.07) is 0. The van der Waals surface area contributed by atoms with E-state index in [1.165, 1.54) is 0 Å². The smallest absolute Gasteiger partial charge is 0.137 e. The quantitative estimate of drug-likeness (QED) is 0.834. The topological polar surface area (TPSA) is 61.3 Å². The van der Waals surface area contributed by atoms with Crippen molar-refractivity contribution in [1.29, 1.82) is 0 Å². The Kier molecular flexibility index (Phi) is 4.81. The molecule has 1 aliphatic rings. The van der Waals surface area contributed by atoms with E-state index in [4.69, 9.17) is 0 Å². The van der Waals surface area contributed by atoms with Gasteiger partial charge in [-0.25, -0.2) is 9.97 Å². The van der Waals surface area contributed by atoms with Gasteiger partial charge in [0.25, 0.3) is 0 Å². The number of aliphatic hydroxyl groups is 1. The van der Waals surface area contributed by atoms with Crippen LogP contribution in [0.3, 0.4) is 0 Å². The van der Waals surface area contributed by atoms with Gasteiger partial charge in [-0.3, -0.25) is 0 Å². The third-order valence-corrected chi connectivity index (χ3v) is 3.88. The Morgan fingerprint density at radius 2 is 2.00 bits per heavy atom. The average molecular weight is 278 g/mol. The highest BCUT2D eigenvalue weighted by Gasteiger charge is 2.28. The minimum Gasteiger partial charge on any atom is -0.393 e. The van der Waals surface area contributed by atoms with Crippen molar-refractivity contribution in [3.8, 4) is 0 Å². The summed E-state index contributed by atoms with van der Waals surface area (Å²) >= 11 is 0. The summed E-state index contributed by atoms with van der Waals surface area (Å²) in [5.41, 5.74) is 1.10. The monoisotopic (exact) mass is 278 g/mol. The number of nitrogens with zero attached hydrogens (tertiary/aromatic N) is 3. The van der Waals surface area contributed by atoms with Crippen LogP contribution < -0.4 is 10.2 Å². The van der Waals surface area contributed by atoms with Crippen molar-refractivity contribution in [1.82, 2.24) is 9.97 Å². The van der Waals surface area contributed by atoms with E-state index in [0.717, 1.165) is 55.4 Å². The lowest BCUT2D eigenvalue weighted by Gasteiger charge is -2.35. The van der Waals surface area contributed by atoms with E-state index in [0.29, 0.717) is 5.92 Å². The first-order chi connectivity index (χ1) is 9.51. The maximum Gasteiger partial charge on any atom is 0.137 e. The molecule has 20 heavy (non-hydrogen) atoms. The minimum atomic E-state index is -0.0941. The Hall–Kier alpha value is -1.36. The first-order valence-corrected chi connectivity index (χ1v) is 7.49. The van der Waals surface area contributed by atoms with Crippen LogP contribution in [0.2, 0.25) is 0 Å². The molecular formula is C15H26N4O. The highest BCUT2D eigenvalue weighted by Crippen LogP contribution is 2.30. The molecule has 0 aromatic carbocycles. The first kappa shape index (κ1) is 15.0. The van der Waals surface area contributed by atoms with Gasteiger partial charge >= 0.3 is 0 Å². The zero-order chi connectivity index (χ0) is 14.7. The van der Waals surface area contributed by atoms with E-state index in [1.807, 2.05) is 6.92 Å². The zero-order valence-corrected chi connectivity index (χ0v) is 13.0. The largest absolute Gasteiger partial charge is 0.393 e. The molecule has 2 rings (SSSR count). The lowest BCUT2D eigenvalue weighted by atomic mass is 9.82. The molecule has 0 saturated heterocycles. The normalized spacial score (nSPS) is 21.4. The second kappa shape index (κ2) is 6.39. The van der Waals surface area contributed by atoms with Gasteiger partial charge in [0, 0.05) is 25.7 Å². The molecule has 1 heterocycles. The molecule has 0 aliphatic heterocycles. The fourth-order valence-corrected chi connectivity index (χ4v) is 2.72. The van der Waals surface area contributed by atoms with Crippen LogP contribution in [-0.2, 0) is 0 Å². The summed E-state index contributed by atoms with van der Waals surface area (Å²) in [5.74, 6) is 3.31. The number of aromatic nitrogens is 2. The highest BCUT2D eigenvalue weighted by molar-refractivity contribution is 5.58. The molecule has 0 spiro atoms. The molecular weight excluding hydrogens is 252 g/mol. The predicted octanol–water partition coefficient (Wildman–Crippen LogP) is 2.12. The molecule has 0 radical (unpaired) electrons. The summed E-state index contributed by atoms with van der Waals surface area (Å²) in [4.78, 5) is 11.3. The van der Waals surface area contributed by atoms with E-state index in [9.17, 15) is 5.11 Å². The van der Waals surface area contributed by atoms with Crippen LogP contribution in [0.4, 0.5) is 11.6 Å². The van der Waals surface area contributed by atoms with Crippen molar-refractivity contribution >= 4 is 11.6 Å². The summed E-state index contributed by atoms with van der Waals surface area (Å²) in [7, 11) is 2.07. The molecule has 0 atom stereocenters. The van der Waals surface area contributed by atoms with Gasteiger partial charge in [-0.05, 0) is 39.0 Å². The standard InChI is InChI=1S/C15H26N4O/c1-5-6-16-14-10(2)15(18-11(3)17-14)19(4)9-12-7-13(20)8-12/h12-13,20H,5-9H2,1-4H3,(H,16,17,18). The van der Waals surface area contributed by atoms with Gasteiger partial charge in [0.15, 0.2) is 0 Å². The molecule has 2 N–H and O–H groups in total. The third kappa shape index (κ3) is 3.39. The van der Waals surface area contributed by atoms with Crippen LogP contribution >= 0.6 is 0 Å². The molecule has 0 amide bonds. The van der Waals surface area contributed by atoms with Crippen LogP contribution in [-0.4, -0.2) is 41.3 Å². The number of rotatable bonds is 6. The molecule has 1 aliphatic carbocycles. The van der Waals surface area contributed by atoms with E-state index >= 15 is 0 Å². The molecule has 5 nitrogen and oxygen atoms in total. The molecule has 112 valence electrons. The van der Waals surface area contributed by atoms with Crippen molar-refractivity contribution in [2.75, 3.05) is 30.4 Å². The van der Waals surface area contributed by atoms with Gasteiger partial charge in [0.1, 0.15) is 17.5 Å². The average Bonchev–Trinajstić information content (AvgIpc) is 2.37. The molecule has 1 aromatic heterocycles. The first-order valence-electron chi connectivity index (χ1n) is 7.49. The van der Waals surface area contributed by atoms with Crippen molar-refractivity contribution < 1.29 is 5.11 Å². The zero-order valence-electron chi connectivity index (χ0n) is 13.0. The highest BCUT2D eigenvalue weighted by atomic mass is 16.3. The summed E-state index contributed by atoms with van der Waals surface area (Å²) in [6.45, 7) is 8.02. The molecule has 0 bridgehead atoms. The second-order valence-corrected chi connectivity index (χ2v) is 5.87. The van der Waals surface area contributed by atoms with Gasteiger partial charge in [0.2, 0.25) is 0 Å². The molecule has 1 fully saturated rings. The number of aliphatic hydroxyl groups excluding tert-OH is 1. The number of hydrogen-bond acceptors (Lipinski definition) is 5. The summed E-state index contributed by atoms with van der Waals surface area (Å²) < 4.78 is 0. The van der Waals surface area contributed by atoms with Crippen LogP contribution in [0.15, 0.2) is 0 Å². The van der Waals surface area contributed by atoms with Crippen LogP contribution in [0.25, 0.3) is 0 Å². The fourth-order valence-electron chi connectivity index (χ4n) is 2.72. The summed E-state index contributed by atoms with van der Waals surface area (Å²) in [6.07, 6.45) is 2.81. The van der Waals surface area contributed by atoms with Gasteiger partial charge < -0.3 is 15.3 Å². The fraction of sp³-hybridized carbons (Fsp3) is 0.733. The Morgan fingerprint density at radius 1 is 1.30 bits per heavy atom. The molecule has 5 heteroatoms. The molecule has 1 saturated carbocycles. The van der Waals surface area contributed by atoms with Crippen LogP contribution in [0.1, 0.15) is 37.6 Å². The van der Waals surface area contributed by atoms with Gasteiger partial charge in [-0.15, -0.1) is 0 Å². The number of aryl methyl sites for hydroxylation is 1. The summed E-state index contributed by atoms with van der Waals surface area (Å²) in [5, 5.41) is 12.8. The molecule has 1 aromatic rings. The van der Waals surface area contributed by atoms with E-state index in [2.05, 4.69) is 41.1 Å². The number of nitrogens with one attached hydrogen (secondary N) is 1. The Morgan fingerprint density at radius 3 is 2.60 bits per heavy atom. The van der Waals surface area contributed by atoms with E-state index in [1.54, 1.807) is 0 Å². The number of hydrogen-bond donors (Lipinski definition) is 2. The van der Waals surface area contributed by atoms with Gasteiger partial charge in [-0.2, -0.15) is 0 Å². The van der Waals surface area contributed by atoms with E-state index < -0.39 is 0 Å². The lowest BCUT2D eigenvalue weighted by Crippen LogP contribution is -2.37. The van der Waals surface area contributed by atoms with Crippen molar-refractivity contribution in [2.24, 2.45) is 5.92 Å². The second-order valence-electron chi connectivity index (χ2n) is 5.87. The molecule has 0 unspecified atom stereocenters. The SMILES string of the molecule is CCCNc1nc(C)nc(N(C)CC2CC(O)C2)c1C. The minimum absolute atomic E-state index is 0.0941. The van der Waals surface area contributed by atoms with Crippen molar-refractivity contribution in [3.63, 3.8) is 0 Å². The van der Waals surface area contributed by atoms with E-state index in [-0.39, 0.29) is 6.10 Å². The van der Waals surface area contributed by atoms with Crippen molar-refractivity contribution in [3.05, 3.63) is 11.4 Å². The number of anilines is 2. The van der Waals surface area contributed by atoms with Crippen molar-refractivity contribution in [2.45, 2.75) is 46.1 Å². The lowest BCUT2D eigenvalue weighted by molar-refractivity contribution is 0.0464.